The van der Waals surface area contributed by atoms with Crippen LogP contribution >= 0.6 is 11.6 Å². The summed E-state index contributed by atoms with van der Waals surface area (Å²) in [7, 11) is 0. The minimum absolute atomic E-state index is 0.0936. The molecule has 0 atom stereocenters. The van der Waals surface area contributed by atoms with Crippen LogP contribution in [0.3, 0.4) is 0 Å². The quantitative estimate of drug-likeness (QED) is 0.826. The Morgan fingerprint density at radius 1 is 1.17 bits per heavy atom. The molecule has 0 radical (unpaired) electrons. The largest absolute Gasteiger partial charge is 0.481 e. The van der Waals surface area contributed by atoms with Crippen LogP contribution in [0.25, 0.3) is 0 Å². The predicted octanol–water partition coefficient (Wildman–Crippen LogP) is 4.52. The van der Waals surface area contributed by atoms with Crippen molar-refractivity contribution in [2.45, 2.75) is 6.18 Å². The maximum Gasteiger partial charge on any atom is 0.417 e. The lowest BCUT2D eigenvalue weighted by Crippen LogP contribution is -2.20. The molecule has 2 rings (SSSR count). The molecule has 0 aliphatic rings. The number of rotatable bonds is 4. The van der Waals surface area contributed by atoms with Crippen LogP contribution in [-0.2, 0) is 11.0 Å². The highest BCUT2D eigenvalue weighted by Crippen LogP contribution is 2.36. The average molecular weight is 348 g/mol. The lowest BCUT2D eigenvalue weighted by Gasteiger charge is -2.12. The van der Waals surface area contributed by atoms with Crippen molar-refractivity contribution in [3.63, 3.8) is 0 Å². The maximum atomic E-state index is 13.3. The highest BCUT2D eigenvalue weighted by atomic mass is 35.5. The number of alkyl halides is 3. The van der Waals surface area contributed by atoms with Crippen LogP contribution in [-0.4, -0.2) is 12.5 Å². The van der Waals surface area contributed by atoms with Gasteiger partial charge in [0.05, 0.1) is 10.6 Å². The van der Waals surface area contributed by atoms with Crippen LogP contribution in [0, 0.1) is 5.82 Å². The molecule has 2 aromatic carbocycles. The molecule has 0 fully saturated rings. The van der Waals surface area contributed by atoms with Gasteiger partial charge < -0.3 is 10.1 Å². The van der Waals surface area contributed by atoms with E-state index in [0.29, 0.717) is 6.07 Å². The number of hydrogen-bond acceptors (Lipinski definition) is 2. The minimum atomic E-state index is -4.64. The van der Waals surface area contributed by atoms with E-state index in [2.05, 4.69) is 5.32 Å². The number of halogens is 5. The van der Waals surface area contributed by atoms with E-state index in [9.17, 15) is 22.4 Å². The molecule has 23 heavy (non-hydrogen) atoms. The summed E-state index contributed by atoms with van der Waals surface area (Å²) in [6.07, 6.45) is -4.64. The molecule has 0 aliphatic heterocycles. The molecule has 0 saturated heterocycles. The van der Waals surface area contributed by atoms with Gasteiger partial charge in [-0.1, -0.05) is 23.7 Å². The minimum Gasteiger partial charge on any atom is -0.481 e. The Morgan fingerprint density at radius 3 is 2.52 bits per heavy atom. The molecular formula is C15H10ClF4NO2. The number of hydrogen-bond donors (Lipinski definition) is 1. The number of para-hydroxylation sites is 1. The molecule has 1 amide bonds. The topological polar surface area (TPSA) is 38.3 Å². The first-order valence-electron chi connectivity index (χ1n) is 6.31. The van der Waals surface area contributed by atoms with Crippen LogP contribution in [0.5, 0.6) is 5.75 Å². The number of carbonyl (C=O) groups excluding carboxylic acids is 1. The first-order chi connectivity index (χ1) is 10.8. The molecule has 8 heteroatoms. The summed E-state index contributed by atoms with van der Waals surface area (Å²) in [5.74, 6) is -1.51. The fourth-order valence-electron chi connectivity index (χ4n) is 1.72. The first kappa shape index (κ1) is 17.1. The van der Waals surface area contributed by atoms with Gasteiger partial charge >= 0.3 is 6.18 Å². The fraction of sp³-hybridized carbons (Fsp3) is 0.133. The summed E-state index contributed by atoms with van der Waals surface area (Å²) in [6.45, 7) is -0.551. The summed E-state index contributed by atoms with van der Waals surface area (Å²) in [5.41, 5.74) is -1.16. The Kier molecular flexibility index (Phi) is 5.10. The molecule has 0 aromatic heterocycles. The second-order valence-electron chi connectivity index (χ2n) is 4.46. The van der Waals surface area contributed by atoms with Crippen molar-refractivity contribution in [1.82, 2.24) is 0 Å². The summed E-state index contributed by atoms with van der Waals surface area (Å²) >= 11 is 5.48. The van der Waals surface area contributed by atoms with Gasteiger partial charge in [-0.3, -0.25) is 4.79 Å². The molecule has 0 heterocycles. The standard InChI is InChI=1S/C15H10ClF4NO2/c16-11-6-5-9(7-10(11)15(18,19)20)21-14(22)8-23-13-4-2-1-3-12(13)17/h1-7H,8H2,(H,21,22). The molecular weight excluding hydrogens is 338 g/mol. The average Bonchev–Trinajstić information content (AvgIpc) is 2.47. The summed E-state index contributed by atoms with van der Waals surface area (Å²) in [5, 5.41) is 1.75. The summed E-state index contributed by atoms with van der Waals surface area (Å²) < 4.78 is 56.4. The second-order valence-corrected chi connectivity index (χ2v) is 4.87. The van der Waals surface area contributed by atoms with E-state index in [-0.39, 0.29) is 11.4 Å². The highest BCUT2D eigenvalue weighted by Gasteiger charge is 2.33. The van der Waals surface area contributed by atoms with Gasteiger partial charge in [-0.15, -0.1) is 0 Å². The van der Waals surface area contributed by atoms with Gasteiger partial charge in [0.1, 0.15) is 0 Å². The Morgan fingerprint density at radius 2 is 1.87 bits per heavy atom. The van der Waals surface area contributed by atoms with Gasteiger partial charge in [0.25, 0.3) is 5.91 Å². The van der Waals surface area contributed by atoms with E-state index in [4.69, 9.17) is 16.3 Å². The van der Waals surface area contributed by atoms with Crippen molar-refractivity contribution in [3.05, 3.63) is 58.9 Å². The normalized spacial score (nSPS) is 11.2. The van der Waals surface area contributed by atoms with Gasteiger partial charge in [-0.2, -0.15) is 13.2 Å². The van der Waals surface area contributed by atoms with E-state index in [1.807, 2.05) is 0 Å². The van der Waals surface area contributed by atoms with E-state index in [1.165, 1.54) is 24.3 Å². The van der Waals surface area contributed by atoms with Gasteiger partial charge in [0.15, 0.2) is 18.2 Å². The smallest absolute Gasteiger partial charge is 0.417 e. The SMILES string of the molecule is O=C(COc1ccccc1F)Nc1ccc(Cl)c(C(F)(F)F)c1. The van der Waals surface area contributed by atoms with Crippen molar-refractivity contribution in [1.29, 1.82) is 0 Å². The first-order valence-corrected chi connectivity index (χ1v) is 6.69. The number of ether oxygens (including phenoxy) is 1. The molecule has 3 nitrogen and oxygen atoms in total. The van der Waals surface area contributed by atoms with Gasteiger partial charge in [0, 0.05) is 5.69 Å². The van der Waals surface area contributed by atoms with Crippen LogP contribution in [0.4, 0.5) is 23.2 Å². The lowest BCUT2D eigenvalue weighted by atomic mass is 10.2. The monoisotopic (exact) mass is 347 g/mol. The molecule has 2 aromatic rings. The Balaban J connectivity index is 2.02. The van der Waals surface area contributed by atoms with Crippen LogP contribution in [0.2, 0.25) is 5.02 Å². The fourth-order valence-corrected chi connectivity index (χ4v) is 1.95. The zero-order valence-corrected chi connectivity index (χ0v) is 12.2. The number of carbonyl (C=O) groups is 1. The Bertz CT molecular complexity index is 719. The van der Waals surface area contributed by atoms with Crippen molar-refractivity contribution in [2.24, 2.45) is 0 Å². The van der Waals surface area contributed by atoms with E-state index in [1.54, 1.807) is 0 Å². The van der Waals surface area contributed by atoms with E-state index < -0.39 is 35.1 Å². The zero-order valence-electron chi connectivity index (χ0n) is 11.5. The van der Waals surface area contributed by atoms with Gasteiger partial charge in [-0.25, -0.2) is 4.39 Å². The lowest BCUT2D eigenvalue weighted by molar-refractivity contribution is -0.137. The third-order valence-electron chi connectivity index (χ3n) is 2.75. The van der Waals surface area contributed by atoms with Crippen molar-refractivity contribution in [2.75, 3.05) is 11.9 Å². The highest BCUT2D eigenvalue weighted by molar-refractivity contribution is 6.31. The van der Waals surface area contributed by atoms with Crippen molar-refractivity contribution < 1.29 is 27.1 Å². The molecule has 0 unspecified atom stereocenters. The Labute approximate surface area is 133 Å². The molecule has 122 valence electrons. The third kappa shape index (κ3) is 4.59. The zero-order chi connectivity index (χ0) is 17.0. The summed E-state index contributed by atoms with van der Waals surface area (Å²) in [6, 6.07) is 8.41. The van der Waals surface area contributed by atoms with Gasteiger partial charge in [-0.05, 0) is 30.3 Å². The summed E-state index contributed by atoms with van der Waals surface area (Å²) in [4.78, 5) is 11.7. The Hall–Kier alpha value is -2.28. The van der Waals surface area contributed by atoms with Crippen molar-refractivity contribution >= 4 is 23.2 Å². The van der Waals surface area contributed by atoms with Crippen LogP contribution in [0.1, 0.15) is 5.56 Å². The molecule has 0 aliphatic carbocycles. The van der Waals surface area contributed by atoms with Crippen LogP contribution in [0.15, 0.2) is 42.5 Å². The molecule has 0 spiro atoms. The van der Waals surface area contributed by atoms with E-state index in [0.717, 1.165) is 12.1 Å². The number of amides is 1. The predicted molar refractivity (Wildman–Crippen MR) is 77.0 cm³/mol. The number of nitrogens with one attached hydrogen (secondary N) is 1. The maximum absolute atomic E-state index is 13.3. The second kappa shape index (κ2) is 6.87. The molecule has 0 bridgehead atoms. The number of benzene rings is 2. The molecule has 0 saturated carbocycles. The van der Waals surface area contributed by atoms with E-state index >= 15 is 0 Å². The third-order valence-corrected chi connectivity index (χ3v) is 3.08. The van der Waals surface area contributed by atoms with Crippen LogP contribution < -0.4 is 10.1 Å². The van der Waals surface area contributed by atoms with Crippen molar-refractivity contribution in [3.8, 4) is 5.75 Å². The van der Waals surface area contributed by atoms with Gasteiger partial charge in [0.2, 0.25) is 0 Å². The molecule has 1 N–H and O–H groups in total. The number of anilines is 1.